The molecule has 3 aromatic rings. The highest BCUT2D eigenvalue weighted by atomic mass is 16.1. The maximum absolute atomic E-state index is 11.5. The van der Waals surface area contributed by atoms with Gasteiger partial charge in [-0.2, -0.15) is 0 Å². The van der Waals surface area contributed by atoms with Gasteiger partial charge in [-0.1, -0.05) is 42.5 Å². The third-order valence-corrected chi connectivity index (χ3v) is 3.22. The number of H-pyrrole nitrogens is 1. The van der Waals surface area contributed by atoms with Gasteiger partial charge in [-0.05, 0) is 29.3 Å². The summed E-state index contributed by atoms with van der Waals surface area (Å²) in [7, 11) is 0. The van der Waals surface area contributed by atoms with Gasteiger partial charge in [-0.15, -0.1) is 0 Å². The van der Waals surface area contributed by atoms with E-state index in [1.54, 1.807) is 6.07 Å². The van der Waals surface area contributed by atoms with Crippen molar-refractivity contribution in [3.8, 4) is 0 Å². The standard InChI is InChI=1S/C17H14N2O/c18-17(20)15-11-13(10-14-8-9-19-16(14)15)7-6-12-4-2-1-3-5-12/h1-11,19H,(H2,18,20). The first kappa shape index (κ1) is 12.2. The van der Waals surface area contributed by atoms with Crippen molar-refractivity contribution < 1.29 is 4.79 Å². The molecule has 0 saturated heterocycles. The number of benzene rings is 2. The molecule has 0 saturated carbocycles. The molecule has 3 N–H and O–H groups in total. The van der Waals surface area contributed by atoms with Crippen molar-refractivity contribution in [2.75, 3.05) is 0 Å². The van der Waals surface area contributed by atoms with Gasteiger partial charge in [-0.3, -0.25) is 4.79 Å². The lowest BCUT2D eigenvalue weighted by Crippen LogP contribution is -2.11. The normalized spacial score (nSPS) is 11.2. The third kappa shape index (κ3) is 2.34. The second kappa shape index (κ2) is 5.05. The van der Waals surface area contributed by atoms with Gasteiger partial charge in [0.25, 0.3) is 5.91 Å². The lowest BCUT2D eigenvalue weighted by atomic mass is 10.0. The van der Waals surface area contributed by atoms with E-state index in [0.717, 1.165) is 22.0 Å². The second-order valence-electron chi connectivity index (χ2n) is 4.62. The lowest BCUT2D eigenvalue weighted by Gasteiger charge is -2.02. The Morgan fingerprint density at radius 1 is 1.00 bits per heavy atom. The van der Waals surface area contributed by atoms with Gasteiger partial charge in [0.1, 0.15) is 0 Å². The van der Waals surface area contributed by atoms with Crippen molar-refractivity contribution in [2.45, 2.75) is 0 Å². The molecule has 0 radical (unpaired) electrons. The molecule has 0 aliphatic rings. The Kier molecular flexibility index (Phi) is 3.09. The number of fused-ring (bicyclic) bond motifs is 1. The zero-order chi connectivity index (χ0) is 13.9. The molecule has 1 aromatic heterocycles. The fourth-order valence-corrected chi connectivity index (χ4v) is 2.24. The largest absolute Gasteiger partial charge is 0.366 e. The van der Waals surface area contributed by atoms with Crippen LogP contribution in [-0.2, 0) is 0 Å². The molecule has 20 heavy (non-hydrogen) atoms. The second-order valence-corrected chi connectivity index (χ2v) is 4.62. The minimum absolute atomic E-state index is 0.424. The van der Waals surface area contributed by atoms with Crippen molar-refractivity contribution in [3.05, 3.63) is 71.4 Å². The highest BCUT2D eigenvalue weighted by Gasteiger charge is 2.08. The first-order valence-corrected chi connectivity index (χ1v) is 6.38. The van der Waals surface area contributed by atoms with Gasteiger partial charge >= 0.3 is 0 Å². The SMILES string of the molecule is NC(=O)c1cc(C=Cc2ccccc2)cc2cc[nH]c12. The van der Waals surface area contributed by atoms with Crippen LogP contribution in [0.4, 0.5) is 0 Å². The monoisotopic (exact) mass is 262 g/mol. The Morgan fingerprint density at radius 3 is 2.50 bits per heavy atom. The number of hydrogen-bond acceptors (Lipinski definition) is 1. The Balaban J connectivity index is 2.04. The molecular formula is C17H14N2O. The van der Waals surface area contributed by atoms with Crippen molar-refractivity contribution >= 4 is 29.0 Å². The summed E-state index contributed by atoms with van der Waals surface area (Å²) in [6, 6.07) is 15.8. The molecule has 1 heterocycles. The van der Waals surface area contributed by atoms with Gasteiger partial charge in [0, 0.05) is 11.6 Å². The third-order valence-electron chi connectivity index (χ3n) is 3.22. The van der Waals surface area contributed by atoms with E-state index >= 15 is 0 Å². The topological polar surface area (TPSA) is 58.9 Å². The predicted octanol–water partition coefficient (Wildman–Crippen LogP) is 3.44. The number of nitrogens with one attached hydrogen (secondary N) is 1. The summed E-state index contributed by atoms with van der Waals surface area (Å²) in [6.07, 6.45) is 5.80. The Hall–Kier alpha value is -2.81. The molecule has 98 valence electrons. The van der Waals surface area contributed by atoms with E-state index < -0.39 is 5.91 Å². The smallest absolute Gasteiger partial charge is 0.250 e. The van der Waals surface area contributed by atoms with Crippen LogP contribution in [0, 0.1) is 0 Å². The maximum atomic E-state index is 11.5. The summed E-state index contributed by atoms with van der Waals surface area (Å²) in [4.78, 5) is 14.6. The van der Waals surface area contributed by atoms with E-state index in [-0.39, 0.29) is 0 Å². The molecule has 0 spiro atoms. The van der Waals surface area contributed by atoms with E-state index in [4.69, 9.17) is 5.73 Å². The van der Waals surface area contributed by atoms with Crippen molar-refractivity contribution in [2.24, 2.45) is 5.73 Å². The number of primary amides is 1. The molecule has 1 amide bonds. The lowest BCUT2D eigenvalue weighted by molar-refractivity contribution is 0.100. The van der Waals surface area contributed by atoms with Crippen molar-refractivity contribution in [3.63, 3.8) is 0 Å². The predicted molar refractivity (Wildman–Crippen MR) is 82.2 cm³/mol. The van der Waals surface area contributed by atoms with Gasteiger partial charge < -0.3 is 10.7 Å². The van der Waals surface area contributed by atoms with Crippen LogP contribution >= 0.6 is 0 Å². The highest BCUT2D eigenvalue weighted by molar-refractivity contribution is 6.06. The fraction of sp³-hybridized carbons (Fsp3) is 0. The minimum Gasteiger partial charge on any atom is -0.366 e. The van der Waals surface area contributed by atoms with Crippen LogP contribution in [0.25, 0.3) is 23.1 Å². The van der Waals surface area contributed by atoms with Crippen LogP contribution in [0.15, 0.2) is 54.7 Å². The average Bonchev–Trinajstić information content (AvgIpc) is 2.93. The quantitative estimate of drug-likeness (QED) is 0.698. The molecular weight excluding hydrogens is 248 g/mol. The summed E-state index contributed by atoms with van der Waals surface area (Å²) < 4.78 is 0. The van der Waals surface area contributed by atoms with E-state index in [0.29, 0.717) is 5.56 Å². The molecule has 0 aliphatic carbocycles. The van der Waals surface area contributed by atoms with Crippen LogP contribution in [0.1, 0.15) is 21.5 Å². The number of rotatable bonds is 3. The summed E-state index contributed by atoms with van der Waals surface area (Å²) in [5.41, 5.74) is 8.80. The maximum Gasteiger partial charge on any atom is 0.250 e. The molecule has 3 nitrogen and oxygen atoms in total. The molecule has 3 rings (SSSR count). The summed E-state index contributed by atoms with van der Waals surface area (Å²) in [6.45, 7) is 0. The van der Waals surface area contributed by atoms with Gasteiger partial charge in [-0.25, -0.2) is 0 Å². The number of nitrogens with two attached hydrogens (primary N) is 1. The van der Waals surface area contributed by atoms with Crippen LogP contribution in [-0.4, -0.2) is 10.9 Å². The zero-order valence-electron chi connectivity index (χ0n) is 10.8. The van der Waals surface area contributed by atoms with E-state index in [2.05, 4.69) is 4.98 Å². The first-order valence-electron chi connectivity index (χ1n) is 6.38. The zero-order valence-corrected chi connectivity index (χ0v) is 10.8. The molecule has 0 fully saturated rings. The molecule has 0 unspecified atom stereocenters. The molecule has 0 atom stereocenters. The minimum atomic E-state index is -0.424. The van der Waals surface area contributed by atoms with Crippen LogP contribution in [0.5, 0.6) is 0 Å². The molecule has 3 heteroatoms. The summed E-state index contributed by atoms with van der Waals surface area (Å²) >= 11 is 0. The number of hydrogen-bond donors (Lipinski definition) is 2. The number of carbonyl (C=O) groups excluding carboxylic acids is 1. The van der Waals surface area contributed by atoms with Gasteiger partial charge in [0.05, 0.1) is 11.1 Å². The van der Waals surface area contributed by atoms with Crippen LogP contribution in [0.2, 0.25) is 0 Å². The number of amides is 1. The van der Waals surface area contributed by atoms with Gasteiger partial charge in [0.2, 0.25) is 0 Å². The highest BCUT2D eigenvalue weighted by Crippen LogP contribution is 2.21. The Labute approximate surface area is 116 Å². The number of aromatic amines is 1. The molecule has 2 aromatic carbocycles. The molecule has 0 aliphatic heterocycles. The first-order chi connectivity index (χ1) is 9.74. The van der Waals surface area contributed by atoms with E-state index in [1.165, 1.54) is 0 Å². The van der Waals surface area contributed by atoms with Crippen molar-refractivity contribution in [1.82, 2.24) is 4.98 Å². The van der Waals surface area contributed by atoms with Gasteiger partial charge in [0.15, 0.2) is 0 Å². The number of aromatic nitrogens is 1. The van der Waals surface area contributed by atoms with E-state index in [9.17, 15) is 4.79 Å². The van der Waals surface area contributed by atoms with E-state index in [1.807, 2.05) is 60.8 Å². The summed E-state index contributed by atoms with van der Waals surface area (Å²) in [5.74, 6) is -0.424. The van der Waals surface area contributed by atoms with Crippen LogP contribution in [0.3, 0.4) is 0 Å². The number of carbonyl (C=O) groups is 1. The average molecular weight is 262 g/mol. The molecule has 0 bridgehead atoms. The van der Waals surface area contributed by atoms with Crippen LogP contribution < -0.4 is 5.73 Å². The Morgan fingerprint density at radius 2 is 1.75 bits per heavy atom. The van der Waals surface area contributed by atoms with Crippen molar-refractivity contribution in [1.29, 1.82) is 0 Å². The fourth-order valence-electron chi connectivity index (χ4n) is 2.24. The summed E-state index contributed by atoms with van der Waals surface area (Å²) in [5, 5.41) is 0.981. The Bertz CT molecular complexity index is 785.